The zero-order valence-electron chi connectivity index (χ0n) is 7.81. The van der Waals surface area contributed by atoms with Crippen LogP contribution in [0.5, 0.6) is 0 Å². The summed E-state index contributed by atoms with van der Waals surface area (Å²) in [5.41, 5.74) is 7.56. The van der Waals surface area contributed by atoms with Crippen LogP contribution in [0.25, 0.3) is 6.08 Å². The second-order valence-electron chi connectivity index (χ2n) is 2.90. The standard InChI is InChI=1S/C11H13NS2/c12-11(14)10-6-4-9(5-7-10)3-1-2-8-13/h1,3-7,13H,2,8H2,(H2,12,14). The van der Waals surface area contributed by atoms with Crippen molar-refractivity contribution in [3.05, 3.63) is 41.5 Å². The molecule has 1 nitrogen and oxygen atoms in total. The first-order chi connectivity index (χ1) is 6.74. The van der Waals surface area contributed by atoms with Crippen molar-refractivity contribution in [3.8, 4) is 0 Å². The van der Waals surface area contributed by atoms with Crippen LogP contribution in [0.2, 0.25) is 0 Å². The Morgan fingerprint density at radius 1 is 1.36 bits per heavy atom. The number of thiocarbonyl (C=S) groups is 1. The summed E-state index contributed by atoms with van der Waals surface area (Å²) in [5.74, 6) is 0.876. The fraction of sp³-hybridized carbons (Fsp3) is 0.182. The molecule has 0 aliphatic rings. The zero-order chi connectivity index (χ0) is 10.4. The molecule has 0 aliphatic heterocycles. The Bertz CT molecular complexity index is 328. The van der Waals surface area contributed by atoms with Gasteiger partial charge in [-0.2, -0.15) is 12.6 Å². The third kappa shape index (κ3) is 3.52. The zero-order valence-corrected chi connectivity index (χ0v) is 9.52. The smallest absolute Gasteiger partial charge is 0.103 e. The van der Waals surface area contributed by atoms with Gasteiger partial charge in [-0.15, -0.1) is 0 Å². The van der Waals surface area contributed by atoms with E-state index in [0.29, 0.717) is 4.99 Å². The molecule has 1 rings (SSSR count). The fourth-order valence-corrected chi connectivity index (χ4v) is 1.34. The van der Waals surface area contributed by atoms with Crippen molar-refractivity contribution in [1.82, 2.24) is 0 Å². The Balaban J connectivity index is 2.68. The summed E-state index contributed by atoms with van der Waals surface area (Å²) in [6, 6.07) is 7.87. The first-order valence-electron chi connectivity index (χ1n) is 4.41. The first kappa shape index (κ1) is 11.3. The van der Waals surface area contributed by atoms with Crippen molar-refractivity contribution in [2.24, 2.45) is 5.73 Å². The first-order valence-corrected chi connectivity index (χ1v) is 5.45. The number of nitrogens with two attached hydrogens (primary N) is 1. The number of allylic oxidation sites excluding steroid dienone is 1. The molecular weight excluding hydrogens is 210 g/mol. The highest BCUT2D eigenvalue weighted by Crippen LogP contribution is 2.06. The topological polar surface area (TPSA) is 26.0 Å². The van der Waals surface area contributed by atoms with Crippen LogP contribution in [-0.4, -0.2) is 10.7 Å². The van der Waals surface area contributed by atoms with E-state index < -0.39 is 0 Å². The van der Waals surface area contributed by atoms with E-state index >= 15 is 0 Å². The van der Waals surface area contributed by atoms with Crippen molar-refractivity contribution in [3.63, 3.8) is 0 Å². The lowest BCUT2D eigenvalue weighted by Gasteiger charge is -1.98. The maximum absolute atomic E-state index is 5.49. The third-order valence-electron chi connectivity index (χ3n) is 1.80. The van der Waals surface area contributed by atoms with Crippen LogP contribution in [-0.2, 0) is 0 Å². The van der Waals surface area contributed by atoms with Gasteiger partial charge >= 0.3 is 0 Å². The summed E-state index contributed by atoms with van der Waals surface area (Å²) >= 11 is 8.99. The Labute approximate surface area is 95.4 Å². The molecule has 1 aromatic carbocycles. The molecule has 0 radical (unpaired) electrons. The highest BCUT2D eigenvalue weighted by atomic mass is 32.1. The van der Waals surface area contributed by atoms with Gasteiger partial charge in [0.15, 0.2) is 0 Å². The molecular formula is C11H13NS2. The van der Waals surface area contributed by atoms with Gasteiger partial charge in [-0.05, 0) is 17.7 Å². The minimum atomic E-state index is 0.441. The van der Waals surface area contributed by atoms with Gasteiger partial charge in [0.1, 0.15) is 4.99 Å². The number of hydrogen-bond acceptors (Lipinski definition) is 2. The maximum Gasteiger partial charge on any atom is 0.103 e. The van der Waals surface area contributed by atoms with Crippen molar-refractivity contribution >= 4 is 35.9 Å². The largest absolute Gasteiger partial charge is 0.389 e. The van der Waals surface area contributed by atoms with Crippen LogP contribution >= 0.6 is 24.8 Å². The summed E-state index contributed by atoms with van der Waals surface area (Å²) in [4.78, 5) is 0.441. The summed E-state index contributed by atoms with van der Waals surface area (Å²) in [6.07, 6.45) is 5.16. The predicted octanol–water partition coefficient (Wildman–Crippen LogP) is 2.65. The highest BCUT2D eigenvalue weighted by Gasteiger charge is 1.93. The lowest BCUT2D eigenvalue weighted by Crippen LogP contribution is -2.08. The summed E-state index contributed by atoms with van der Waals surface area (Å²) in [6.45, 7) is 0. The van der Waals surface area contributed by atoms with E-state index in [1.165, 1.54) is 0 Å². The van der Waals surface area contributed by atoms with Crippen molar-refractivity contribution in [2.45, 2.75) is 6.42 Å². The molecule has 0 amide bonds. The molecule has 74 valence electrons. The molecule has 0 heterocycles. The van der Waals surface area contributed by atoms with Crippen LogP contribution < -0.4 is 5.73 Å². The number of thiol groups is 1. The van der Waals surface area contributed by atoms with E-state index in [1.54, 1.807) is 0 Å². The normalized spacial score (nSPS) is 10.6. The van der Waals surface area contributed by atoms with E-state index in [-0.39, 0.29) is 0 Å². The van der Waals surface area contributed by atoms with E-state index in [1.807, 2.05) is 24.3 Å². The molecule has 0 saturated heterocycles. The minimum absolute atomic E-state index is 0.441. The molecule has 1 aromatic rings. The average Bonchev–Trinajstić information content (AvgIpc) is 2.19. The maximum atomic E-state index is 5.49. The molecule has 2 N–H and O–H groups in total. The molecule has 0 saturated carbocycles. The number of hydrogen-bond donors (Lipinski definition) is 2. The Morgan fingerprint density at radius 2 is 2.00 bits per heavy atom. The Morgan fingerprint density at radius 3 is 2.50 bits per heavy atom. The number of benzene rings is 1. The lowest BCUT2D eigenvalue weighted by atomic mass is 10.1. The van der Waals surface area contributed by atoms with Crippen LogP contribution in [0.1, 0.15) is 17.5 Å². The molecule has 0 fully saturated rings. The minimum Gasteiger partial charge on any atom is -0.389 e. The molecule has 0 bridgehead atoms. The second kappa shape index (κ2) is 5.83. The van der Waals surface area contributed by atoms with Crippen LogP contribution in [0.4, 0.5) is 0 Å². The quantitative estimate of drug-likeness (QED) is 0.606. The van der Waals surface area contributed by atoms with Crippen molar-refractivity contribution in [2.75, 3.05) is 5.75 Å². The lowest BCUT2D eigenvalue weighted by molar-refractivity contribution is 1.26. The van der Waals surface area contributed by atoms with Crippen LogP contribution in [0.3, 0.4) is 0 Å². The van der Waals surface area contributed by atoms with E-state index in [4.69, 9.17) is 18.0 Å². The average molecular weight is 223 g/mol. The van der Waals surface area contributed by atoms with Crippen molar-refractivity contribution in [1.29, 1.82) is 0 Å². The van der Waals surface area contributed by atoms with Gasteiger partial charge < -0.3 is 5.73 Å². The van der Waals surface area contributed by atoms with Gasteiger partial charge in [-0.25, -0.2) is 0 Å². The summed E-state index contributed by atoms with van der Waals surface area (Å²) in [7, 11) is 0. The number of rotatable bonds is 4. The molecule has 14 heavy (non-hydrogen) atoms. The molecule has 0 aliphatic carbocycles. The van der Waals surface area contributed by atoms with Gasteiger partial charge in [0.25, 0.3) is 0 Å². The van der Waals surface area contributed by atoms with E-state index in [0.717, 1.165) is 23.3 Å². The van der Waals surface area contributed by atoms with Gasteiger partial charge in [0.2, 0.25) is 0 Å². The van der Waals surface area contributed by atoms with Gasteiger partial charge in [-0.3, -0.25) is 0 Å². The Kier molecular flexibility index (Phi) is 4.70. The van der Waals surface area contributed by atoms with Crippen molar-refractivity contribution < 1.29 is 0 Å². The van der Waals surface area contributed by atoms with E-state index in [2.05, 4.69) is 24.8 Å². The predicted molar refractivity (Wildman–Crippen MR) is 69.8 cm³/mol. The SMILES string of the molecule is NC(=S)c1ccc(C=CCCS)cc1. The summed E-state index contributed by atoms with van der Waals surface area (Å²) in [5, 5.41) is 0. The Hall–Kier alpha value is -0.800. The van der Waals surface area contributed by atoms with Gasteiger partial charge in [-0.1, -0.05) is 48.6 Å². The van der Waals surface area contributed by atoms with Crippen LogP contribution in [0.15, 0.2) is 30.3 Å². The molecule has 0 atom stereocenters. The molecule has 0 aromatic heterocycles. The molecule has 0 spiro atoms. The monoisotopic (exact) mass is 223 g/mol. The highest BCUT2D eigenvalue weighted by molar-refractivity contribution is 7.80. The molecule has 3 heteroatoms. The summed E-state index contributed by atoms with van der Waals surface area (Å²) < 4.78 is 0. The van der Waals surface area contributed by atoms with Gasteiger partial charge in [0.05, 0.1) is 0 Å². The van der Waals surface area contributed by atoms with E-state index in [9.17, 15) is 0 Å². The third-order valence-corrected chi connectivity index (χ3v) is 2.30. The van der Waals surface area contributed by atoms with Crippen LogP contribution in [0, 0.1) is 0 Å². The fourth-order valence-electron chi connectivity index (χ4n) is 1.05. The second-order valence-corrected chi connectivity index (χ2v) is 3.79. The van der Waals surface area contributed by atoms with Gasteiger partial charge in [0, 0.05) is 5.56 Å². The molecule has 0 unspecified atom stereocenters.